The van der Waals surface area contributed by atoms with E-state index in [1.54, 1.807) is 13.8 Å². The molecule has 2 amide bonds. The first kappa shape index (κ1) is 16.5. The zero-order chi connectivity index (χ0) is 16.0. The maximum Gasteiger partial charge on any atom is 0.319 e. The van der Waals surface area contributed by atoms with Gasteiger partial charge in [-0.2, -0.15) is 0 Å². The van der Waals surface area contributed by atoms with Crippen LogP contribution in [-0.4, -0.2) is 34.8 Å². The third-order valence-corrected chi connectivity index (χ3v) is 2.69. The highest BCUT2D eigenvalue weighted by Gasteiger charge is 2.14. The summed E-state index contributed by atoms with van der Waals surface area (Å²) in [5.41, 5.74) is -0.274. The number of aryl methyl sites for hydroxylation is 2. The Morgan fingerprint density at radius 1 is 1.43 bits per heavy atom. The molecular formula is C13H19N3O5. The summed E-state index contributed by atoms with van der Waals surface area (Å²) in [5, 5.41) is 14.5. The number of hydrogen-bond donors (Lipinski definition) is 3. The molecule has 0 aliphatic heterocycles. The number of carbonyl (C=O) groups excluding carboxylic acids is 2. The minimum atomic E-state index is -0.683. The lowest BCUT2D eigenvalue weighted by Crippen LogP contribution is -2.33. The van der Waals surface area contributed by atoms with E-state index in [0.717, 1.165) is 0 Å². The van der Waals surface area contributed by atoms with Crippen LogP contribution in [0.15, 0.2) is 11.0 Å². The molecule has 0 saturated heterocycles. The van der Waals surface area contributed by atoms with E-state index in [1.807, 2.05) is 0 Å². The molecule has 0 unspecified atom stereocenters. The van der Waals surface area contributed by atoms with Gasteiger partial charge in [0.25, 0.3) is 5.56 Å². The summed E-state index contributed by atoms with van der Waals surface area (Å²) in [5.74, 6) is -0.703. The SMILES string of the molecule is CCOC(=O)CCNC(=O)Nc1c(O)c(C)cn(C)c1=O. The summed E-state index contributed by atoms with van der Waals surface area (Å²) in [6.45, 7) is 3.64. The van der Waals surface area contributed by atoms with Crippen molar-refractivity contribution in [3.63, 3.8) is 0 Å². The molecule has 0 atom stereocenters. The molecule has 0 spiro atoms. The average molecular weight is 297 g/mol. The molecule has 3 N–H and O–H groups in total. The molecule has 0 radical (unpaired) electrons. The third-order valence-electron chi connectivity index (χ3n) is 2.69. The Labute approximate surface area is 121 Å². The number of hydrogen-bond acceptors (Lipinski definition) is 5. The van der Waals surface area contributed by atoms with Crippen LogP contribution < -0.4 is 16.2 Å². The van der Waals surface area contributed by atoms with Gasteiger partial charge in [-0.1, -0.05) is 0 Å². The fourth-order valence-electron chi connectivity index (χ4n) is 1.67. The highest BCUT2D eigenvalue weighted by Crippen LogP contribution is 2.22. The van der Waals surface area contributed by atoms with Crippen molar-refractivity contribution < 1.29 is 19.4 Å². The van der Waals surface area contributed by atoms with Gasteiger partial charge in [0, 0.05) is 25.4 Å². The van der Waals surface area contributed by atoms with Crippen molar-refractivity contribution in [1.29, 1.82) is 0 Å². The van der Waals surface area contributed by atoms with Gasteiger partial charge in [0.2, 0.25) is 0 Å². The minimum Gasteiger partial charge on any atom is -0.505 e. The standard InChI is InChI=1S/C13H19N3O5/c1-4-21-9(17)5-6-14-13(20)15-10-11(18)8(2)7-16(3)12(10)19/h7,18H,4-6H2,1-3H3,(H2,14,15,20). The van der Waals surface area contributed by atoms with Crippen LogP contribution in [0.3, 0.4) is 0 Å². The summed E-state index contributed by atoms with van der Waals surface area (Å²) in [4.78, 5) is 34.6. The Hall–Kier alpha value is -2.51. The van der Waals surface area contributed by atoms with Crippen LogP contribution in [0.1, 0.15) is 18.9 Å². The van der Waals surface area contributed by atoms with Crippen LogP contribution in [0.4, 0.5) is 10.5 Å². The van der Waals surface area contributed by atoms with Crippen molar-refractivity contribution in [2.45, 2.75) is 20.3 Å². The van der Waals surface area contributed by atoms with Crippen LogP contribution in [0.5, 0.6) is 5.75 Å². The van der Waals surface area contributed by atoms with Gasteiger partial charge in [0.15, 0.2) is 5.69 Å². The van der Waals surface area contributed by atoms with Crippen molar-refractivity contribution >= 4 is 17.7 Å². The van der Waals surface area contributed by atoms with Gasteiger partial charge in [-0.3, -0.25) is 9.59 Å². The number of esters is 1. The molecule has 8 heteroatoms. The lowest BCUT2D eigenvalue weighted by molar-refractivity contribution is -0.142. The number of rotatable bonds is 5. The second-order valence-corrected chi connectivity index (χ2v) is 4.39. The number of urea groups is 1. The smallest absolute Gasteiger partial charge is 0.319 e. The van der Waals surface area contributed by atoms with E-state index in [9.17, 15) is 19.5 Å². The number of carbonyl (C=O) groups is 2. The summed E-state index contributed by atoms with van der Waals surface area (Å²) >= 11 is 0. The first-order valence-corrected chi connectivity index (χ1v) is 6.46. The maximum absolute atomic E-state index is 11.8. The number of ether oxygens (including phenoxy) is 1. The number of nitrogens with zero attached hydrogens (tertiary/aromatic N) is 1. The van der Waals surface area contributed by atoms with Gasteiger partial charge in [0.1, 0.15) is 5.75 Å². The number of nitrogens with one attached hydrogen (secondary N) is 2. The lowest BCUT2D eigenvalue weighted by Gasteiger charge is -2.11. The molecule has 8 nitrogen and oxygen atoms in total. The second kappa shape index (κ2) is 7.32. The molecule has 1 aromatic heterocycles. The molecule has 116 valence electrons. The largest absolute Gasteiger partial charge is 0.505 e. The van der Waals surface area contributed by atoms with E-state index in [-0.39, 0.29) is 31.0 Å². The van der Waals surface area contributed by atoms with Gasteiger partial charge in [0.05, 0.1) is 13.0 Å². The molecule has 1 rings (SSSR count). The van der Waals surface area contributed by atoms with Crippen molar-refractivity contribution in [3.8, 4) is 5.75 Å². The molecule has 0 aliphatic rings. The van der Waals surface area contributed by atoms with Gasteiger partial charge >= 0.3 is 12.0 Å². The monoisotopic (exact) mass is 297 g/mol. The van der Waals surface area contributed by atoms with Crippen LogP contribution in [0, 0.1) is 6.92 Å². The molecular weight excluding hydrogens is 278 g/mol. The van der Waals surface area contributed by atoms with Crippen LogP contribution in [-0.2, 0) is 16.6 Å². The van der Waals surface area contributed by atoms with E-state index in [1.165, 1.54) is 17.8 Å². The van der Waals surface area contributed by atoms with Crippen molar-refractivity contribution in [1.82, 2.24) is 9.88 Å². The second-order valence-electron chi connectivity index (χ2n) is 4.39. The number of anilines is 1. The topological polar surface area (TPSA) is 110 Å². The molecule has 0 saturated carbocycles. The van der Waals surface area contributed by atoms with Crippen molar-refractivity contribution in [2.75, 3.05) is 18.5 Å². The molecule has 1 aromatic rings. The minimum absolute atomic E-state index is 0.0269. The van der Waals surface area contributed by atoms with E-state index < -0.39 is 17.6 Å². The fourth-order valence-corrected chi connectivity index (χ4v) is 1.67. The predicted molar refractivity (Wildman–Crippen MR) is 76.4 cm³/mol. The van der Waals surface area contributed by atoms with Crippen LogP contribution >= 0.6 is 0 Å². The Kier molecular flexibility index (Phi) is 5.77. The Morgan fingerprint density at radius 2 is 2.10 bits per heavy atom. The normalized spacial score (nSPS) is 10.0. The first-order valence-electron chi connectivity index (χ1n) is 6.46. The van der Waals surface area contributed by atoms with Gasteiger partial charge in [-0.25, -0.2) is 4.79 Å². The Balaban J connectivity index is 2.64. The van der Waals surface area contributed by atoms with Crippen molar-refractivity contribution in [3.05, 3.63) is 22.1 Å². The number of aromatic hydroxyl groups is 1. The molecule has 0 aromatic carbocycles. The summed E-state index contributed by atoms with van der Waals surface area (Å²) in [6.07, 6.45) is 1.49. The molecule has 0 fully saturated rings. The number of amides is 2. The molecule has 21 heavy (non-hydrogen) atoms. The predicted octanol–water partition coefficient (Wildman–Crippen LogP) is 0.474. The highest BCUT2D eigenvalue weighted by atomic mass is 16.5. The zero-order valence-electron chi connectivity index (χ0n) is 12.2. The maximum atomic E-state index is 11.8. The third kappa shape index (κ3) is 4.51. The van der Waals surface area contributed by atoms with Crippen LogP contribution in [0.2, 0.25) is 0 Å². The quantitative estimate of drug-likeness (QED) is 0.685. The number of pyridine rings is 1. The number of aromatic nitrogens is 1. The Morgan fingerprint density at radius 3 is 2.71 bits per heavy atom. The molecule has 0 aliphatic carbocycles. The fraction of sp³-hybridized carbons (Fsp3) is 0.462. The summed E-state index contributed by atoms with van der Waals surface area (Å²) in [7, 11) is 1.51. The lowest BCUT2D eigenvalue weighted by atomic mass is 10.2. The van der Waals surface area contributed by atoms with E-state index >= 15 is 0 Å². The first-order chi connectivity index (χ1) is 9.86. The Bertz CT molecular complexity index is 594. The van der Waals surface area contributed by atoms with Gasteiger partial charge < -0.3 is 25.0 Å². The molecule has 1 heterocycles. The van der Waals surface area contributed by atoms with E-state index in [4.69, 9.17) is 4.74 Å². The van der Waals surface area contributed by atoms with Crippen LogP contribution in [0.25, 0.3) is 0 Å². The van der Waals surface area contributed by atoms with Gasteiger partial charge in [-0.05, 0) is 13.8 Å². The average Bonchev–Trinajstić information content (AvgIpc) is 2.42. The summed E-state index contributed by atoms with van der Waals surface area (Å²) < 4.78 is 5.96. The highest BCUT2D eigenvalue weighted by molar-refractivity contribution is 5.91. The van der Waals surface area contributed by atoms with Gasteiger partial charge in [-0.15, -0.1) is 0 Å². The van der Waals surface area contributed by atoms with E-state index in [0.29, 0.717) is 5.56 Å². The summed E-state index contributed by atoms with van der Waals surface area (Å²) in [6, 6.07) is -0.683. The van der Waals surface area contributed by atoms with E-state index in [2.05, 4.69) is 10.6 Å². The zero-order valence-corrected chi connectivity index (χ0v) is 12.2. The van der Waals surface area contributed by atoms with Crippen molar-refractivity contribution in [2.24, 2.45) is 7.05 Å². The molecule has 0 bridgehead atoms.